The van der Waals surface area contributed by atoms with E-state index in [1.165, 1.54) is 11.3 Å². The number of rotatable bonds is 7. The Labute approximate surface area is 247 Å². The van der Waals surface area contributed by atoms with Crippen molar-refractivity contribution in [2.75, 3.05) is 12.4 Å². The van der Waals surface area contributed by atoms with Crippen molar-refractivity contribution in [3.05, 3.63) is 90.5 Å². The molecule has 1 saturated heterocycles. The van der Waals surface area contributed by atoms with Gasteiger partial charge in [-0.3, -0.25) is 19.3 Å². The van der Waals surface area contributed by atoms with Crippen LogP contribution in [-0.4, -0.2) is 50.5 Å². The van der Waals surface area contributed by atoms with Crippen LogP contribution in [0.15, 0.2) is 70.0 Å². The third-order valence-electron chi connectivity index (χ3n) is 6.84. The summed E-state index contributed by atoms with van der Waals surface area (Å²) >= 11 is 15.4. The Hall–Kier alpha value is -3.31. The van der Waals surface area contributed by atoms with E-state index >= 15 is 0 Å². The lowest BCUT2D eigenvalue weighted by molar-refractivity contribution is -0.145. The smallest absolute Gasteiger partial charge is 0.259 e. The fourth-order valence-corrected chi connectivity index (χ4v) is 7.24. The van der Waals surface area contributed by atoms with Crippen LogP contribution in [0.5, 0.6) is 5.75 Å². The zero-order valence-corrected chi connectivity index (χ0v) is 24.2. The molecular formula is C28H22Cl2N4O4S2. The molecule has 6 rings (SSSR count). The maximum atomic E-state index is 13.0. The van der Waals surface area contributed by atoms with Crippen LogP contribution in [0.25, 0.3) is 22.3 Å². The number of hydrogen-bond acceptors (Lipinski definition) is 7. The summed E-state index contributed by atoms with van der Waals surface area (Å²) in [6, 6.07) is 13.3. The van der Waals surface area contributed by atoms with E-state index in [1.54, 1.807) is 53.1 Å². The molecule has 204 valence electrons. The van der Waals surface area contributed by atoms with Crippen molar-refractivity contribution in [1.82, 2.24) is 20.2 Å². The highest BCUT2D eigenvalue weighted by atomic mass is 35.5. The van der Waals surface area contributed by atoms with E-state index < -0.39 is 6.04 Å². The summed E-state index contributed by atoms with van der Waals surface area (Å²) in [6.45, 7) is 2.12. The highest BCUT2D eigenvalue weighted by molar-refractivity contribution is 8.00. The van der Waals surface area contributed by atoms with Gasteiger partial charge in [0.05, 0.1) is 22.9 Å². The van der Waals surface area contributed by atoms with E-state index in [4.69, 9.17) is 27.9 Å². The summed E-state index contributed by atoms with van der Waals surface area (Å²) in [5.41, 5.74) is 2.48. The molecule has 2 amide bonds. The summed E-state index contributed by atoms with van der Waals surface area (Å²) in [5, 5.41) is 5.97. The number of benzene rings is 2. The zero-order valence-electron chi connectivity index (χ0n) is 21.1. The number of carbonyl (C=O) groups excluding carboxylic acids is 2. The largest absolute Gasteiger partial charge is 0.488 e. The second-order valence-electron chi connectivity index (χ2n) is 9.41. The first-order chi connectivity index (χ1) is 19.3. The first kappa shape index (κ1) is 26.9. The minimum absolute atomic E-state index is 0.128. The van der Waals surface area contributed by atoms with E-state index in [-0.39, 0.29) is 35.8 Å². The fourth-order valence-electron chi connectivity index (χ4n) is 4.74. The molecule has 2 aliphatic rings. The Kier molecular flexibility index (Phi) is 7.35. The molecule has 4 aromatic rings. The van der Waals surface area contributed by atoms with Crippen molar-refractivity contribution in [3.8, 4) is 17.1 Å². The molecule has 12 heteroatoms. The Morgan fingerprint density at radius 1 is 1.18 bits per heavy atom. The molecule has 2 aromatic heterocycles. The van der Waals surface area contributed by atoms with Gasteiger partial charge < -0.3 is 15.0 Å². The minimum Gasteiger partial charge on any atom is -0.488 e. The maximum Gasteiger partial charge on any atom is 0.259 e. The molecular weight excluding hydrogens is 591 g/mol. The zero-order chi connectivity index (χ0) is 28.0. The highest BCUT2D eigenvalue weighted by Gasteiger charge is 2.51. The second-order valence-corrected chi connectivity index (χ2v) is 12.4. The van der Waals surface area contributed by atoms with Gasteiger partial charge in [0.25, 0.3) is 11.5 Å². The molecule has 0 saturated carbocycles. The fraction of sp³-hybridized carbons (Fsp3) is 0.214. The molecule has 4 heterocycles. The number of nitrogens with one attached hydrogen (secondary N) is 2. The molecule has 40 heavy (non-hydrogen) atoms. The van der Waals surface area contributed by atoms with Gasteiger partial charge in [-0.15, -0.1) is 23.1 Å². The number of hydrogen-bond donors (Lipinski definition) is 2. The van der Waals surface area contributed by atoms with Crippen LogP contribution in [0.4, 0.5) is 0 Å². The van der Waals surface area contributed by atoms with Crippen molar-refractivity contribution in [2.24, 2.45) is 0 Å². The number of amides is 2. The van der Waals surface area contributed by atoms with Gasteiger partial charge >= 0.3 is 0 Å². The van der Waals surface area contributed by atoms with Crippen molar-refractivity contribution in [1.29, 1.82) is 0 Å². The quantitative estimate of drug-likeness (QED) is 0.276. The highest BCUT2D eigenvalue weighted by Crippen LogP contribution is 2.40. The van der Waals surface area contributed by atoms with E-state index in [0.29, 0.717) is 43.8 Å². The van der Waals surface area contributed by atoms with Crippen molar-refractivity contribution in [2.45, 2.75) is 24.8 Å². The van der Waals surface area contributed by atoms with E-state index in [2.05, 4.69) is 15.3 Å². The van der Waals surface area contributed by atoms with Gasteiger partial charge in [0, 0.05) is 26.4 Å². The Morgan fingerprint density at radius 3 is 2.77 bits per heavy atom. The molecule has 2 aromatic carbocycles. The molecule has 2 unspecified atom stereocenters. The number of β-lactam (4-membered cyclic amide) rings is 1. The second kappa shape index (κ2) is 10.9. The van der Waals surface area contributed by atoms with Crippen LogP contribution in [0.3, 0.4) is 0 Å². The molecule has 0 aliphatic carbocycles. The Balaban J connectivity index is 1.18. The monoisotopic (exact) mass is 612 g/mol. The lowest BCUT2D eigenvalue weighted by Crippen LogP contribution is -2.69. The molecule has 2 aliphatic heterocycles. The molecule has 0 bridgehead atoms. The number of carbonyl (C=O) groups is 2. The average Bonchev–Trinajstić information content (AvgIpc) is 3.44. The maximum absolute atomic E-state index is 13.0. The number of H-pyrrole nitrogens is 1. The summed E-state index contributed by atoms with van der Waals surface area (Å²) in [7, 11) is 0. The number of ether oxygens (including phenoxy) is 1. The SMILES string of the molecule is CC1=C(COc2ccc(Cl)cc2-c2nc3ccc(Cl)cc3c(=O)[nH]2)CSC2C(NC(=O)Cc3cccs3)C(=O)N12. The van der Waals surface area contributed by atoms with Crippen LogP contribution in [-0.2, 0) is 16.0 Å². The van der Waals surface area contributed by atoms with E-state index in [0.717, 1.165) is 16.1 Å². The van der Waals surface area contributed by atoms with Crippen LogP contribution in [0, 0.1) is 0 Å². The van der Waals surface area contributed by atoms with Gasteiger partial charge in [0.15, 0.2) is 0 Å². The summed E-state index contributed by atoms with van der Waals surface area (Å²) in [6.07, 6.45) is 0.265. The molecule has 2 atom stereocenters. The normalized spacial score (nSPS) is 18.5. The van der Waals surface area contributed by atoms with Gasteiger partial charge in [-0.05, 0) is 60.3 Å². The standard InChI is InChI=1S/C28H22Cl2N4O4S2/c1-14-15(13-40-28-24(27(37)34(14)28)32-23(35)11-18-3-2-8-39-18)12-38-22-7-5-17(30)10-20(22)25-31-21-6-4-16(29)9-19(21)26(36)33-25/h2-10,24,28H,11-13H2,1H3,(H,32,35)(H,31,33,36). The lowest BCUT2D eigenvalue weighted by atomic mass is 10.0. The average molecular weight is 614 g/mol. The van der Waals surface area contributed by atoms with Crippen molar-refractivity contribution >= 4 is 69.0 Å². The molecule has 8 nitrogen and oxygen atoms in total. The summed E-state index contributed by atoms with van der Waals surface area (Å²) < 4.78 is 6.20. The van der Waals surface area contributed by atoms with Gasteiger partial charge in [-0.2, -0.15) is 0 Å². The first-order valence-corrected chi connectivity index (χ1v) is 15.0. The van der Waals surface area contributed by atoms with Crippen molar-refractivity contribution in [3.63, 3.8) is 0 Å². The van der Waals surface area contributed by atoms with Crippen LogP contribution < -0.4 is 15.6 Å². The Bertz CT molecular complexity index is 1740. The van der Waals surface area contributed by atoms with Gasteiger partial charge in [-0.1, -0.05) is 29.3 Å². The Morgan fingerprint density at radius 2 is 1.98 bits per heavy atom. The van der Waals surface area contributed by atoms with Crippen molar-refractivity contribution < 1.29 is 14.3 Å². The number of aromatic amines is 1. The number of halogens is 2. The number of nitrogens with zero attached hydrogens (tertiary/aromatic N) is 2. The molecule has 2 N–H and O–H groups in total. The summed E-state index contributed by atoms with van der Waals surface area (Å²) in [5.74, 6) is 1.17. The van der Waals surface area contributed by atoms with Crippen LogP contribution >= 0.6 is 46.3 Å². The minimum atomic E-state index is -0.538. The molecule has 1 fully saturated rings. The topological polar surface area (TPSA) is 104 Å². The summed E-state index contributed by atoms with van der Waals surface area (Å²) in [4.78, 5) is 48.3. The van der Waals surface area contributed by atoms with E-state index in [9.17, 15) is 14.4 Å². The van der Waals surface area contributed by atoms with Crippen LogP contribution in [0.1, 0.15) is 11.8 Å². The van der Waals surface area contributed by atoms with Gasteiger partial charge in [0.1, 0.15) is 29.6 Å². The lowest BCUT2D eigenvalue weighted by Gasteiger charge is -2.50. The predicted octanol–water partition coefficient (Wildman–Crippen LogP) is 5.25. The molecule has 0 spiro atoms. The number of thioether (sulfide) groups is 1. The van der Waals surface area contributed by atoms with Crippen LogP contribution in [0.2, 0.25) is 10.0 Å². The number of aromatic nitrogens is 2. The third-order valence-corrected chi connectivity index (χ3v) is 9.53. The van der Waals surface area contributed by atoms with Gasteiger partial charge in [-0.25, -0.2) is 4.98 Å². The molecule has 0 radical (unpaired) electrons. The number of fused-ring (bicyclic) bond motifs is 2. The number of allylic oxidation sites excluding steroid dienone is 1. The van der Waals surface area contributed by atoms with E-state index in [1.807, 2.05) is 24.4 Å². The number of thiophene rings is 1. The van der Waals surface area contributed by atoms with Gasteiger partial charge in [0.2, 0.25) is 5.91 Å². The first-order valence-electron chi connectivity index (χ1n) is 12.4. The third kappa shape index (κ3) is 5.12. The predicted molar refractivity (Wildman–Crippen MR) is 159 cm³/mol.